The molecule has 98 valence electrons. The third kappa shape index (κ3) is 2.56. The van der Waals surface area contributed by atoms with Crippen LogP contribution in [0.2, 0.25) is 0 Å². The highest BCUT2D eigenvalue weighted by Gasteiger charge is 2.22. The van der Waals surface area contributed by atoms with Crippen molar-refractivity contribution >= 4 is 5.97 Å². The van der Waals surface area contributed by atoms with Crippen LogP contribution in [0.1, 0.15) is 17.5 Å². The second-order valence-electron chi connectivity index (χ2n) is 4.36. The molecule has 18 heavy (non-hydrogen) atoms. The molecule has 1 atom stereocenters. The van der Waals surface area contributed by atoms with Crippen LogP contribution in [0, 0.1) is 0 Å². The van der Waals surface area contributed by atoms with Crippen molar-refractivity contribution in [1.29, 1.82) is 0 Å². The second-order valence-corrected chi connectivity index (χ2v) is 4.36. The van der Waals surface area contributed by atoms with Gasteiger partial charge in [0, 0.05) is 12.6 Å². The van der Waals surface area contributed by atoms with Gasteiger partial charge in [0.1, 0.15) is 0 Å². The van der Waals surface area contributed by atoms with Crippen LogP contribution in [0.3, 0.4) is 0 Å². The number of hydrogen-bond donors (Lipinski definition) is 2. The van der Waals surface area contributed by atoms with E-state index in [0.717, 1.165) is 11.1 Å². The molecule has 0 bridgehead atoms. The molecule has 0 aromatic heterocycles. The van der Waals surface area contributed by atoms with Gasteiger partial charge in [0.25, 0.3) is 0 Å². The molecule has 2 N–H and O–H groups in total. The van der Waals surface area contributed by atoms with Gasteiger partial charge in [-0.2, -0.15) is 0 Å². The number of carbonyl (C=O) groups is 1. The molecule has 0 fully saturated rings. The van der Waals surface area contributed by atoms with E-state index in [1.54, 1.807) is 14.2 Å². The Morgan fingerprint density at radius 2 is 1.94 bits per heavy atom. The monoisotopic (exact) mass is 251 g/mol. The van der Waals surface area contributed by atoms with Crippen molar-refractivity contribution < 1.29 is 19.4 Å². The Bertz CT molecular complexity index is 459. The first kappa shape index (κ1) is 12.7. The molecule has 0 saturated carbocycles. The zero-order valence-corrected chi connectivity index (χ0v) is 10.5. The molecule has 2 rings (SSSR count). The number of nitrogens with one attached hydrogen (secondary N) is 1. The summed E-state index contributed by atoms with van der Waals surface area (Å²) in [5.74, 6) is 0.610. The molecule has 1 aliphatic heterocycles. The molecule has 5 heteroatoms. The van der Waals surface area contributed by atoms with E-state index in [9.17, 15) is 4.79 Å². The average Bonchev–Trinajstić information content (AvgIpc) is 2.36. The quantitative estimate of drug-likeness (QED) is 0.841. The number of carboxylic acid groups (broad SMARTS) is 1. The molecule has 0 saturated heterocycles. The van der Waals surface area contributed by atoms with Crippen LogP contribution in [-0.2, 0) is 17.8 Å². The third-order valence-corrected chi connectivity index (χ3v) is 3.17. The van der Waals surface area contributed by atoms with E-state index >= 15 is 0 Å². The smallest absolute Gasteiger partial charge is 0.304 e. The van der Waals surface area contributed by atoms with Crippen LogP contribution < -0.4 is 14.8 Å². The molecular weight excluding hydrogens is 234 g/mol. The predicted octanol–water partition coefficient (Wildman–Crippen LogP) is 1.19. The number of rotatable bonds is 4. The first-order valence-electron chi connectivity index (χ1n) is 5.83. The predicted molar refractivity (Wildman–Crippen MR) is 66.1 cm³/mol. The summed E-state index contributed by atoms with van der Waals surface area (Å²) in [5, 5.41) is 12.0. The Balaban J connectivity index is 2.24. The van der Waals surface area contributed by atoms with E-state index in [0.29, 0.717) is 24.5 Å². The molecule has 0 spiro atoms. The lowest BCUT2D eigenvalue weighted by Gasteiger charge is -2.26. The van der Waals surface area contributed by atoms with Crippen LogP contribution >= 0.6 is 0 Å². The molecule has 1 aliphatic rings. The highest BCUT2D eigenvalue weighted by Crippen LogP contribution is 2.32. The maximum Gasteiger partial charge on any atom is 0.304 e. The minimum atomic E-state index is -0.781. The largest absolute Gasteiger partial charge is 0.493 e. The number of aliphatic carboxylic acids is 1. The molecular formula is C13H17NO4. The number of benzene rings is 1. The Labute approximate surface area is 106 Å². The van der Waals surface area contributed by atoms with Gasteiger partial charge in [-0.1, -0.05) is 0 Å². The molecule has 0 aliphatic carbocycles. The van der Waals surface area contributed by atoms with Gasteiger partial charge >= 0.3 is 5.97 Å². The van der Waals surface area contributed by atoms with Gasteiger partial charge in [0.15, 0.2) is 11.5 Å². The van der Waals surface area contributed by atoms with E-state index in [1.165, 1.54) is 0 Å². The van der Waals surface area contributed by atoms with Gasteiger partial charge in [-0.25, -0.2) is 0 Å². The van der Waals surface area contributed by atoms with Gasteiger partial charge < -0.3 is 19.9 Å². The first-order chi connectivity index (χ1) is 8.63. The van der Waals surface area contributed by atoms with Crippen molar-refractivity contribution in [2.75, 3.05) is 14.2 Å². The summed E-state index contributed by atoms with van der Waals surface area (Å²) in [6, 6.07) is 3.86. The van der Waals surface area contributed by atoms with E-state index in [-0.39, 0.29) is 12.5 Å². The fourth-order valence-electron chi connectivity index (χ4n) is 2.26. The van der Waals surface area contributed by atoms with E-state index in [1.807, 2.05) is 12.1 Å². The zero-order valence-electron chi connectivity index (χ0n) is 10.5. The van der Waals surface area contributed by atoms with Crippen LogP contribution in [0.25, 0.3) is 0 Å². The SMILES string of the molecule is COc1cc2c(cc1OC)CC(CC(=O)O)NC2. The molecule has 1 unspecified atom stereocenters. The van der Waals surface area contributed by atoms with E-state index < -0.39 is 5.97 Å². The van der Waals surface area contributed by atoms with Crippen molar-refractivity contribution in [2.24, 2.45) is 0 Å². The summed E-state index contributed by atoms with van der Waals surface area (Å²) >= 11 is 0. The summed E-state index contributed by atoms with van der Waals surface area (Å²) in [6.45, 7) is 0.660. The molecule has 0 amide bonds. The van der Waals surface area contributed by atoms with E-state index in [2.05, 4.69) is 5.32 Å². The van der Waals surface area contributed by atoms with Crippen LogP contribution in [0.15, 0.2) is 12.1 Å². The highest BCUT2D eigenvalue weighted by molar-refractivity contribution is 5.67. The molecule has 5 nitrogen and oxygen atoms in total. The lowest BCUT2D eigenvalue weighted by molar-refractivity contribution is -0.137. The Morgan fingerprint density at radius 3 is 2.50 bits per heavy atom. The third-order valence-electron chi connectivity index (χ3n) is 3.17. The van der Waals surface area contributed by atoms with Crippen LogP contribution in [-0.4, -0.2) is 31.3 Å². The zero-order chi connectivity index (χ0) is 13.1. The normalized spacial score (nSPS) is 18.0. The summed E-state index contributed by atoms with van der Waals surface area (Å²) in [4.78, 5) is 10.7. The topological polar surface area (TPSA) is 67.8 Å². The van der Waals surface area contributed by atoms with Crippen molar-refractivity contribution in [3.8, 4) is 11.5 Å². The van der Waals surface area contributed by atoms with Crippen LogP contribution in [0.5, 0.6) is 11.5 Å². The minimum Gasteiger partial charge on any atom is -0.493 e. The molecule has 1 heterocycles. The number of fused-ring (bicyclic) bond motifs is 1. The van der Waals surface area contributed by atoms with Crippen molar-refractivity contribution in [2.45, 2.75) is 25.4 Å². The lowest BCUT2D eigenvalue weighted by atomic mass is 9.93. The summed E-state index contributed by atoms with van der Waals surface area (Å²) in [7, 11) is 3.20. The fraction of sp³-hybridized carbons (Fsp3) is 0.462. The minimum absolute atomic E-state index is 0.0203. The second kappa shape index (κ2) is 5.27. The van der Waals surface area contributed by atoms with Gasteiger partial charge in [-0.15, -0.1) is 0 Å². The fourth-order valence-corrected chi connectivity index (χ4v) is 2.26. The van der Waals surface area contributed by atoms with Gasteiger partial charge in [0.2, 0.25) is 0 Å². The number of methoxy groups -OCH3 is 2. The first-order valence-corrected chi connectivity index (χ1v) is 5.83. The summed E-state index contributed by atoms with van der Waals surface area (Å²) < 4.78 is 10.5. The van der Waals surface area contributed by atoms with Gasteiger partial charge in [-0.3, -0.25) is 4.79 Å². The van der Waals surface area contributed by atoms with Gasteiger partial charge in [-0.05, 0) is 29.7 Å². The highest BCUT2D eigenvalue weighted by atomic mass is 16.5. The van der Waals surface area contributed by atoms with E-state index in [4.69, 9.17) is 14.6 Å². The Morgan fingerprint density at radius 1 is 1.33 bits per heavy atom. The number of hydrogen-bond acceptors (Lipinski definition) is 4. The lowest BCUT2D eigenvalue weighted by Crippen LogP contribution is -2.37. The van der Waals surface area contributed by atoms with Crippen LogP contribution in [0.4, 0.5) is 0 Å². The standard InChI is InChI=1S/C13H17NO4/c1-17-11-4-8-3-10(6-13(15)16)14-7-9(8)5-12(11)18-2/h4-5,10,14H,3,6-7H2,1-2H3,(H,15,16). The molecule has 0 radical (unpaired) electrons. The Hall–Kier alpha value is -1.75. The summed E-state index contributed by atoms with van der Waals surface area (Å²) in [5.41, 5.74) is 2.26. The maximum absolute atomic E-state index is 10.7. The van der Waals surface area contributed by atoms with Gasteiger partial charge in [0.05, 0.1) is 20.6 Å². The maximum atomic E-state index is 10.7. The molecule has 1 aromatic rings. The van der Waals surface area contributed by atoms with Crippen molar-refractivity contribution in [3.63, 3.8) is 0 Å². The number of ether oxygens (including phenoxy) is 2. The average molecular weight is 251 g/mol. The Kier molecular flexibility index (Phi) is 3.72. The van der Waals surface area contributed by atoms with Crippen molar-refractivity contribution in [1.82, 2.24) is 5.32 Å². The molecule has 1 aromatic carbocycles. The van der Waals surface area contributed by atoms with Crippen molar-refractivity contribution in [3.05, 3.63) is 23.3 Å². The summed E-state index contributed by atoms with van der Waals surface area (Å²) in [6.07, 6.45) is 0.829. The number of carboxylic acids is 1.